The van der Waals surface area contributed by atoms with Gasteiger partial charge in [0.25, 0.3) is 0 Å². The third-order valence-corrected chi connectivity index (χ3v) is 3.16. The van der Waals surface area contributed by atoms with E-state index in [9.17, 15) is 0 Å². The zero-order valence-corrected chi connectivity index (χ0v) is 12.0. The molecule has 2 heterocycles. The molecule has 0 aliphatic heterocycles. The molecule has 21 heavy (non-hydrogen) atoms. The van der Waals surface area contributed by atoms with E-state index in [0.29, 0.717) is 31.0 Å². The van der Waals surface area contributed by atoms with Crippen molar-refractivity contribution >= 4 is 11.9 Å². The number of imidazole rings is 1. The second kappa shape index (κ2) is 6.49. The molecule has 112 valence electrons. The van der Waals surface area contributed by atoms with E-state index in [1.807, 2.05) is 0 Å². The number of aromatic nitrogens is 5. The van der Waals surface area contributed by atoms with Gasteiger partial charge in [-0.1, -0.05) is 0 Å². The molecule has 0 saturated heterocycles. The molecule has 8 nitrogen and oxygen atoms in total. The van der Waals surface area contributed by atoms with Gasteiger partial charge in [-0.15, -0.1) is 0 Å². The maximum Gasteiger partial charge on any atom is 0.241 e. The van der Waals surface area contributed by atoms with Crippen molar-refractivity contribution in [2.45, 2.75) is 12.8 Å². The molecule has 0 unspecified atom stereocenters. The van der Waals surface area contributed by atoms with Crippen LogP contribution in [0.2, 0.25) is 0 Å². The maximum absolute atomic E-state index is 5.57. The molecule has 0 amide bonds. The first-order chi connectivity index (χ1) is 10.3. The molecule has 0 atom stereocenters. The van der Waals surface area contributed by atoms with Crippen LogP contribution in [0.5, 0.6) is 0 Å². The van der Waals surface area contributed by atoms with Gasteiger partial charge in [0.05, 0.1) is 6.61 Å². The first-order valence-electron chi connectivity index (χ1n) is 7.09. The summed E-state index contributed by atoms with van der Waals surface area (Å²) in [6.45, 7) is 2.18. The third kappa shape index (κ3) is 3.88. The molecule has 2 aromatic rings. The minimum absolute atomic E-state index is 0.509. The first kappa shape index (κ1) is 13.7. The van der Waals surface area contributed by atoms with Crippen LogP contribution in [0.3, 0.4) is 0 Å². The fourth-order valence-corrected chi connectivity index (χ4v) is 1.82. The fraction of sp³-hybridized carbons (Fsp3) is 0.538. The van der Waals surface area contributed by atoms with Gasteiger partial charge in [0, 0.05) is 32.6 Å². The van der Waals surface area contributed by atoms with E-state index in [-0.39, 0.29) is 0 Å². The summed E-state index contributed by atoms with van der Waals surface area (Å²) < 4.78 is 7.31. The smallest absolute Gasteiger partial charge is 0.241 e. The molecule has 1 aliphatic carbocycles. The lowest BCUT2D eigenvalue weighted by Crippen LogP contribution is -2.15. The zero-order valence-electron chi connectivity index (χ0n) is 12.0. The first-order valence-corrected chi connectivity index (χ1v) is 7.09. The molecule has 0 bridgehead atoms. The van der Waals surface area contributed by atoms with Gasteiger partial charge in [0.2, 0.25) is 17.8 Å². The Kier molecular flexibility index (Phi) is 4.25. The summed E-state index contributed by atoms with van der Waals surface area (Å²) in [7, 11) is 1.77. The van der Waals surface area contributed by atoms with Crippen molar-refractivity contribution in [1.82, 2.24) is 24.5 Å². The SMILES string of the molecule is CNc1nc(NCCOCC2CC2)nc(-n2ccnc2)n1. The molecule has 1 fully saturated rings. The molecule has 2 N–H and O–H groups in total. The minimum Gasteiger partial charge on any atom is -0.379 e. The number of nitrogens with one attached hydrogen (secondary N) is 2. The summed E-state index contributed by atoms with van der Waals surface area (Å²) in [4.78, 5) is 16.9. The second-order valence-electron chi connectivity index (χ2n) is 4.95. The lowest BCUT2D eigenvalue weighted by Gasteiger charge is -2.09. The lowest BCUT2D eigenvalue weighted by atomic mass is 10.5. The average molecular weight is 289 g/mol. The van der Waals surface area contributed by atoms with Gasteiger partial charge < -0.3 is 15.4 Å². The van der Waals surface area contributed by atoms with Crippen molar-refractivity contribution < 1.29 is 4.74 Å². The summed E-state index contributed by atoms with van der Waals surface area (Å²) in [5.41, 5.74) is 0. The van der Waals surface area contributed by atoms with Crippen LogP contribution >= 0.6 is 0 Å². The molecule has 1 saturated carbocycles. The Morgan fingerprint density at radius 2 is 2.14 bits per heavy atom. The van der Waals surface area contributed by atoms with E-state index in [4.69, 9.17) is 4.74 Å². The van der Waals surface area contributed by atoms with Crippen LogP contribution in [-0.2, 0) is 4.74 Å². The highest BCUT2D eigenvalue weighted by Crippen LogP contribution is 2.28. The summed E-state index contributed by atoms with van der Waals surface area (Å²) in [5, 5.41) is 6.08. The molecule has 0 aromatic carbocycles. The van der Waals surface area contributed by atoms with Crippen molar-refractivity contribution in [3.8, 4) is 5.95 Å². The predicted octanol–water partition coefficient (Wildman–Crippen LogP) is 0.937. The molecule has 2 aromatic heterocycles. The van der Waals surface area contributed by atoms with Crippen molar-refractivity contribution in [2.24, 2.45) is 5.92 Å². The van der Waals surface area contributed by atoms with Crippen LogP contribution in [-0.4, -0.2) is 51.3 Å². The number of anilines is 2. The van der Waals surface area contributed by atoms with Crippen molar-refractivity contribution in [3.05, 3.63) is 18.7 Å². The van der Waals surface area contributed by atoms with E-state index in [0.717, 1.165) is 12.5 Å². The highest BCUT2D eigenvalue weighted by atomic mass is 16.5. The number of hydrogen-bond donors (Lipinski definition) is 2. The highest BCUT2D eigenvalue weighted by Gasteiger charge is 2.20. The Morgan fingerprint density at radius 1 is 1.29 bits per heavy atom. The van der Waals surface area contributed by atoms with Gasteiger partial charge in [-0.2, -0.15) is 15.0 Å². The van der Waals surface area contributed by atoms with Crippen LogP contribution in [0.15, 0.2) is 18.7 Å². The molecular weight excluding hydrogens is 270 g/mol. The largest absolute Gasteiger partial charge is 0.379 e. The van der Waals surface area contributed by atoms with E-state index < -0.39 is 0 Å². The number of nitrogens with zero attached hydrogens (tertiary/aromatic N) is 5. The summed E-state index contributed by atoms with van der Waals surface area (Å²) >= 11 is 0. The summed E-state index contributed by atoms with van der Waals surface area (Å²) in [6.07, 6.45) is 7.73. The van der Waals surface area contributed by atoms with Crippen LogP contribution in [0.25, 0.3) is 5.95 Å². The zero-order chi connectivity index (χ0) is 14.5. The van der Waals surface area contributed by atoms with Gasteiger partial charge >= 0.3 is 0 Å². The number of rotatable bonds is 8. The van der Waals surface area contributed by atoms with Crippen molar-refractivity contribution in [3.63, 3.8) is 0 Å². The van der Waals surface area contributed by atoms with Crippen LogP contribution < -0.4 is 10.6 Å². The Balaban J connectivity index is 1.59. The topological polar surface area (TPSA) is 89.8 Å². The predicted molar refractivity (Wildman–Crippen MR) is 78.5 cm³/mol. The van der Waals surface area contributed by atoms with Crippen LogP contribution in [0.1, 0.15) is 12.8 Å². The van der Waals surface area contributed by atoms with Crippen molar-refractivity contribution in [1.29, 1.82) is 0 Å². The van der Waals surface area contributed by atoms with E-state index >= 15 is 0 Å². The van der Waals surface area contributed by atoms with E-state index in [2.05, 4.69) is 30.6 Å². The van der Waals surface area contributed by atoms with Crippen LogP contribution in [0.4, 0.5) is 11.9 Å². The molecule has 1 aliphatic rings. The summed E-state index contributed by atoms with van der Waals surface area (Å²) in [6, 6.07) is 0. The van der Waals surface area contributed by atoms with Gasteiger partial charge in [-0.25, -0.2) is 4.98 Å². The monoisotopic (exact) mass is 289 g/mol. The van der Waals surface area contributed by atoms with Crippen molar-refractivity contribution in [2.75, 3.05) is 37.4 Å². The number of ether oxygens (including phenoxy) is 1. The Bertz CT molecular complexity index is 568. The quantitative estimate of drug-likeness (QED) is 0.699. The standard InChI is InChI=1S/C13H19N7O/c1-14-11-17-12(16-5-7-21-8-10-2-3-10)19-13(18-11)20-6-4-15-9-20/h4,6,9-10H,2-3,5,7-8H2,1H3,(H2,14,16,17,18,19). The van der Waals surface area contributed by atoms with E-state index in [1.54, 1.807) is 30.3 Å². The number of hydrogen-bond acceptors (Lipinski definition) is 7. The second-order valence-corrected chi connectivity index (χ2v) is 4.95. The Hall–Kier alpha value is -2.22. The lowest BCUT2D eigenvalue weighted by molar-refractivity contribution is 0.133. The van der Waals surface area contributed by atoms with Gasteiger partial charge in [-0.05, 0) is 18.8 Å². The average Bonchev–Trinajstić information content (AvgIpc) is 3.17. The minimum atomic E-state index is 0.509. The van der Waals surface area contributed by atoms with Crippen LogP contribution in [0, 0.1) is 5.92 Å². The molecular formula is C13H19N7O. The van der Waals surface area contributed by atoms with E-state index in [1.165, 1.54) is 12.8 Å². The molecule has 0 radical (unpaired) electrons. The Morgan fingerprint density at radius 3 is 2.86 bits per heavy atom. The van der Waals surface area contributed by atoms with Gasteiger partial charge in [-0.3, -0.25) is 4.57 Å². The third-order valence-electron chi connectivity index (χ3n) is 3.16. The highest BCUT2D eigenvalue weighted by molar-refractivity contribution is 5.37. The molecule has 0 spiro atoms. The molecule has 3 rings (SSSR count). The van der Waals surface area contributed by atoms with Gasteiger partial charge in [0.1, 0.15) is 6.33 Å². The Labute approximate surface area is 123 Å². The summed E-state index contributed by atoms with van der Waals surface area (Å²) in [5.74, 6) is 2.34. The van der Waals surface area contributed by atoms with Gasteiger partial charge in [0.15, 0.2) is 0 Å². The fourth-order valence-electron chi connectivity index (χ4n) is 1.82. The molecule has 8 heteroatoms. The normalized spacial score (nSPS) is 14.1. The maximum atomic E-state index is 5.57.